The van der Waals surface area contributed by atoms with Crippen LogP contribution in [0.2, 0.25) is 0 Å². The van der Waals surface area contributed by atoms with Gasteiger partial charge in [0.2, 0.25) is 0 Å². The smallest absolute Gasteiger partial charge is 0.130 e. The Morgan fingerprint density at radius 1 is 1.00 bits per heavy atom. The summed E-state index contributed by atoms with van der Waals surface area (Å²) < 4.78 is 16.2. The molecular weight excluding hydrogens is 268 g/mol. The van der Waals surface area contributed by atoms with Gasteiger partial charge < -0.3 is 19.5 Å². The van der Waals surface area contributed by atoms with Crippen LogP contribution < -0.4 is 19.5 Å². The molecule has 0 fully saturated rings. The third kappa shape index (κ3) is 4.27. The molecule has 0 aliphatic heterocycles. The lowest BCUT2D eigenvalue weighted by molar-refractivity contribution is 0.296. The maximum atomic E-state index is 5.76. The van der Waals surface area contributed by atoms with Gasteiger partial charge in [-0.15, -0.1) is 0 Å². The summed E-state index contributed by atoms with van der Waals surface area (Å²) in [5.41, 5.74) is 1.89. The van der Waals surface area contributed by atoms with Gasteiger partial charge in [-0.05, 0) is 19.1 Å². The molecule has 5 nitrogen and oxygen atoms in total. The first kappa shape index (κ1) is 15.0. The first-order valence-electron chi connectivity index (χ1n) is 6.79. The van der Waals surface area contributed by atoms with E-state index in [4.69, 9.17) is 14.2 Å². The number of ether oxygens (including phenoxy) is 3. The van der Waals surface area contributed by atoms with E-state index in [-0.39, 0.29) is 0 Å². The molecule has 0 unspecified atom stereocenters. The Balaban J connectivity index is 2.07. The molecule has 21 heavy (non-hydrogen) atoms. The van der Waals surface area contributed by atoms with Gasteiger partial charge in [-0.3, -0.25) is 4.98 Å². The average Bonchev–Trinajstić information content (AvgIpc) is 2.53. The molecule has 2 aromatic rings. The molecular formula is C16H20N2O3. The van der Waals surface area contributed by atoms with E-state index < -0.39 is 0 Å². The van der Waals surface area contributed by atoms with Crippen LogP contribution in [0, 0.1) is 0 Å². The van der Waals surface area contributed by atoms with Gasteiger partial charge in [0.15, 0.2) is 0 Å². The van der Waals surface area contributed by atoms with Gasteiger partial charge in [-0.25, -0.2) is 0 Å². The molecule has 0 aliphatic rings. The number of rotatable bonds is 7. The summed E-state index contributed by atoms with van der Waals surface area (Å²) in [4.78, 5) is 4.29. The molecule has 1 aromatic heterocycles. The van der Waals surface area contributed by atoms with Gasteiger partial charge in [0.05, 0.1) is 19.9 Å². The molecule has 2 rings (SSSR count). The fraction of sp³-hybridized carbons (Fsp3) is 0.312. The SMILES string of the molecule is CCNc1ccnc(COc2cc(OC)cc(OC)c2)c1. The van der Waals surface area contributed by atoms with Crippen molar-refractivity contribution >= 4 is 5.69 Å². The highest BCUT2D eigenvalue weighted by molar-refractivity contribution is 5.44. The molecule has 5 heteroatoms. The first-order valence-corrected chi connectivity index (χ1v) is 6.79. The Labute approximate surface area is 124 Å². The molecule has 0 spiro atoms. The fourth-order valence-electron chi connectivity index (χ4n) is 1.89. The Morgan fingerprint density at radius 3 is 2.29 bits per heavy atom. The van der Waals surface area contributed by atoms with Crippen LogP contribution in [0.25, 0.3) is 0 Å². The monoisotopic (exact) mass is 288 g/mol. The zero-order valence-electron chi connectivity index (χ0n) is 12.6. The predicted molar refractivity (Wildman–Crippen MR) is 82.3 cm³/mol. The van der Waals surface area contributed by atoms with Crippen molar-refractivity contribution in [1.82, 2.24) is 4.98 Å². The normalized spacial score (nSPS) is 10.0. The Morgan fingerprint density at radius 2 is 1.67 bits per heavy atom. The number of benzene rings is 1. The van der Waals surface area contributed by atoms with E-state index >= 15 is 0 Å². The van der Waals surface area contributed by atoms with E-state index in [9.17, 15) is 0 Å². The van der Waals surface area contributed by atoms with Crippen LogP contribution in [0.1, 0.15) is 12.6 Å². The molecule has 1 heterocycles. The molecule has 0 radical (unpaired) electrons. The minimum atomic E-state index is 0.384. The molecule has 0 saturated heterocycles. The van der Waals surface area contributed by atoms with Crippen LogP contribution in [0.5, 0.6) is 17.2 Å². The van der Waals surface area contributed by atoms with E-state index in [1.807, 2.05) is 24.3 Å². The number of pyridine rings is 1. The number of nitrogens with zero attached hydrogens (tertiary/aromatic N) is 1. The zero-order chi connectivity index (χ0) is 15.1. The number of methoxy groups -OCH3 is 2. The minimum Gasteiger partial charge on any atom is -0.496 e. The summed E-state index contributed by atoms with van der Waals surface area (Å²) in [5.74, 6) is 2.07. The first-order chi connectivity index (χ1) is 10.2. The quantitative estimate of drug-likeness (QED) is 0.848. The average molecular weight is 288 g/mol. The highest BCUT2D eigenvalue weighted by Crippen LogP contribution is 2.27. The van der Waals surface area contributed by atoms with Crippen LogP contribution >= 0.6 is 0 Å². The topological polar surface area (TPSA) is 52.6 Å². The maximum absolute atomic E-state index is 5.76. The second kappa shape index (κ2) is 7.38. The molecule has 0 amide bonds. The summed E-state index contributed by atoms with van der Waals surface area (Å²) >= 11 is 0. The van der Waals surface area contributed by atoms with Crippen LogP contribution in [-0.4, -0.2) is 25.7 Å². The Hall–Kier alpha value is -2.43. The van der Waals surface area contributed by atoms with Crippen LogP contribution in [-0.2, 0) is 6.61 Å². The number of aromatic nitrogens is 1. The molecule has 1 N–H and O–H groups in total. The van der Waals surface area contributed by atoms with Gasteiger partial charge in [0.25, 0.3) is 0 Å². The van der Waals surface area contributed by atoms with E-state index in [0.717, 1.165) is 17.9 Å². The fourth-order valence-corrected chi connectivity index (χ4v) is 1.89. The highest BCUT2D eigenvalue weighted by Gasteiger charge is 2.04. The Bertz CT molecular complexity index is 565. The van der Waals surface area contributed by atoms with Gasteiger partial charge in [-0.1, -0.05) is 0 Å². The van der Waals surface area contributed by atoms with Gasteiger partial charge in [0, 0.05) is 36.6 Å². The van der Waals surface area contributed by atoms with Gasteiger partial charge in [-0.2, -0.15) is 0 Å². The summed E-state index contributed by atoms with van der Waals surface area (Å²) in [6.45, 7) is 3.31. The van der Waals surface area contributed by atoms with Crippen LogP contribution in [0.3, 0.4) is 0 Å². The van der Waals surface area contributed by atoms with E-state index in [2.05, 4.69) is 17.2 Å². The molecule has 0 atom stereocenters. The zero-order valence-corrected chi connectivity index (χ0v) is 12.6. The highest BCUT2D eigenvalue weighted by atomic mass is 16.5. The maximum Gasteiger partial charge on any atom is 0.130 e. The number of hydrogen-bond donors (Lipinski definition) is 1. The van der Waals surface area contributed by atoms with Crippen molar-refractivity contribution < 1.29 is 14.2 Å². The summed E-state index contributed by atoms with van der Waals surface area (Å²) in [6.07, 6.45) is 1.77. The van der Waals surface area contributed by atoms with Crippen molar-refractivity contribution in [2.75, 3.05) is 26.1 Å². The molecule has 0 saturated carbocycles. The van der Waals surface area contributed by atoms with Crippen molar-refractivity contribution in [1.29, 1.82) is 0 Å². The number of hydrogen-bond acceptors (Lipinski definition) is 5. The van der Waals surface area contributed by atoms with E-state index in [0.29, 0.717) is 23.9 Å². The molecule has 0 bridgehead atoms. The van der Waals surface area contributed by atoms with Gasteiger partial charge >= 0.3 is 0 Å². The number of nitrogens with one attached hydrogen (secondary N) is 1. The van der Waals surface area contributed by atoms with Crippen molar-refractivity contribution in [3.63, 3.8) is 0 Å². The van der Waals surface area contributed by atoms with Crippen molar-refractivity contribution in [2.45, 2.75) is 13.5 Å². The third-order valence-electron chi connectivity index (χ3n) is 2.91. The van der Waals surface area contributed by atoms with Crippen LogP contribution in [0.4, 0.5) is 5.69 Å². The number of anilines is 1. The standard InChI is InChI=1S/C16H20N2O3/c1-4-17-12-5-6-18-13(7-12)11-21-16-9-14(19-2)8-15(10-16)20-3/h5-10H,4,11H2,1-3H3,(H,17,18). The van der Waals surface area contributed by atoms with E-state index in [1.165, 1.54) is 0 Å². The lowest BCUT2D eigenvalue weighted by atomic mass is 10.3. The largest absolute Gasteiger partial charge is 0.496 e. The van der Waals surface area contributed by atoms with Gasteiger partial charge in [0.1, 0.15) is 23.9 Å². The third-order valence-corrected chi connectivity index (χ3v) is 2.91. The summed E-state index contributed by atoms with van der Waals surface area (Å²) in [5, 5.41) is 3.25. The summed E-state index contributed by atoms with van der Waals surface area (Å²) in [6, 6.07) is 9.34. The van der Waals surface area contributed by atoms with Crippen molar-refractivity contribution in [2.24, 2.45) is 0 Å². The lowest BCUT2D eigenvalue weighted by Crippen LogP contribution is -2.02. The summed E-state index contributed by atoms with van der Waals surface area (Å²) in [7, 11) is 3.22. The molecule has 112 valence electrons. The second-order valence-corrected chi connectivity index (χ2v) is 4.40. The van der Waals surface area contributed by atoms with Crippen LogP contribution in [0.15, 0.2) is 36.5 Å². The van der Waals surface area contributed by atoms with Crippen molar-refractivity contribution in [3.8, 4) is 17.2 Å². The van der Waals surface area contributed by atoms with Crippen molar-refractivity contribution in [3.05, 3.63) is 42.2 Å². The predicted octanol–water partition coefficient (Wildman–Crippen LogP) is 3.11. The Kier molecular flexibility index (Phi) is 5.26. The molecule has 1 aromatic carbocycles. The van der Waals surface area contributed by atoms with E-state index in [1.54, 1.807) is 26.5 Å². The second-order valence-electron chi connectivity index (χ2n) is 4.40. The lowest BCUT2D eigenvalue weighted by Gasteiger charge is -2.10. The minimum absolute atomic E-state index is 0.384. The molecule has 0 aliphatic carbocycles.